The van der Waals surface area contributed by atoms with Crippen molar-refractivity contribution in [3.05, 3.63) is 59.7 Å². The van der Waals surface area contributed by atoms with Crippen LogP contribution < -0.4 is 14.5 Å². The minimum Gasteiger partial charge on any atom is -0.378 e. The van der Waals surface area contributed by atoms with Crippen molar-refractivity contribution in [2.24, 2.45) is 5.92 Å². The largest absolute Gasteiger partial charge is 0.378 e. The van der Waals surface area contributed by atoms with Crippen LogP contribution in [0.5, 0.6) is 0 Å². The molecule has 0 saturated carbocycles. The summed E-state index contributed by atoms with van der Waals surface area (Å²) in [5.74, 6) is 0.249. The van der Waals surface area contributed by atoms with Crippen LogP contribution in [0.15, 0.2) is 48.5 Å². The molecular formula is C22H31N3O2S. The van der Waals surface area contributed by atoms with Gasteiger partial charge in [0.05, 0.1) is 11.8 Å². The molecule has 0 unspecified atom stereocenters. The van der Waals surface area contributed by atoms with Gasteiger partial charge in [-0.2, -0.15) is 0 Å². The van der Waals surface area contributed by atoms with Gasteiger partial charge in [0, 0.05) is 38.6 Å². The van der Waals surface area contributed by atoms with Crippen molar-refractivity contribution in [2.75, 3.05) is 42.7 Å². The lowest BCUT2D eigenvalue weighted by atomic mass is 10.0. The smallest absolute Gasteiger partial charge is 0.211 e. The SMILES string of the molecule is CC(C)CS(=O)(=O)NC[C@H](c1ccc(N(C)C)cc1)N1CCc2ccccc21. The van der Waals surface area contributed by atoms with Gasteiger partial charge in [0.2, 0.25) is 10.0 Å². The zero-order valence-electron chi connectivity index (χ0n) is 17.2. The molecule has 0 aliphatic carbocycles. The summed E-state index contributed by atoms with van der Waals surface area (Å²) in [7, 11) is 0.737. The van der Waals surface area contributed by atoms with Crippen molar-refractivity contribution in [1.82, 2.24) is 4.72 Å². The number of nitrogens with zero attached hydrogens (tertiary/aromatic N) is 2. The first-order valence-corrected chi connectivity index (χ1v) is 11.5. The van der Waals surface area contributed by atoms with E-state index in [4.69, 9.17) is 0 Å². The van der Waals surface area contributed by atoms with Gasteiger partial charge in [0.25, 0.3) is 0 Å². The standard InChI is InChI=1S/C22H31N3O2S/c1-17(2)16-28(26,27)23-15-22(19-9-11-20(12-10-19)24(3)4)25-14-13-18-7-5-6-8-21(18)25/h5-12,17,22-23H,13-16H2,1-4H3/t22-/m1/s1. The maximum absolute atomic E-state index is 12.4. The molecule has 5 nitrogen and oxygen atoms in total. The summed E-state index contributed by atoms with van der Waals surface area (Å²) in [4.78, 5) is 4.40. The Morgan fingerprint density at radius 3 is 2.39 bits per heavy atom. The highest BCUT2D eigenvalue weighted by Crippen LogP contribution is 2.35. The van der Waals surface area contributed by atoms with Crippen molar-refractivity contribution in [2.45, 2.75) is 26.3 Å². The molecule has 1 heterocycles. The van der Waals surface area contributed by atoms with Crippen LogP contribution in [-0.4, -0.2) is 41.4 Å². The fraction of sp³-hybridized carbons (Fsp3) is 0.455. The normalized spacial score (nSPS) is 15.0. The third-order valence-corrected chi connectivity index (χ3v) is 6.85. The minimum absolute atomic E-state index is 0.0400. The fourth-order valence-electron chi connectivity index (χ4n) is 3.79. The number of anilines is 2. The Morgan fingerprint density at radius 2 is 1.75 bits per heavy atom. The van der Waals surface area contributed by atoms with Crippen LogP contribution in [0.2, 0.25) is 0 Å². The molecule has 2 aromatic carbocycles. The number of sulfonamides is 1. The molecule has 0 fully saturated rings. The van der Waals surface area contributed by atoms with E-state index in [9.17, 15) is 8.42 Å². The predicted molar refractivity (Wildman–Crippen MR) is 118 cm³/mol. The fourth-order valence-corrected chi connectivity index (χ4v) is 5.20. The lowest BCUT2D eigenvalue weighted by Gasteiger charge is -2.31. The molecule has 1 atom stereocenters. The van der Waals surface area contributed by atoms with Gasteiger partial charge < -0.3 is 9.80 Å². The highest BCUT2D eigenvalue weighted by Gasteiger charge is 2.28. The van der Waals surface area contributed by atoms with Crippen LogP contribution >= 0.6 is 0 Å². The molecule has 0 bridgehead atoms. The van der Waals surface area contributed by atoms with Gasteiger partial charge in [-0.15, -0.1) is 0 Å². The second-order valence-electron chi connectivity index (χ2n) is 8.10. The van der Waals surface area contributed by atoms with Gasteiger partial charge in [0.1, 0.15) is 0 Å². The summed E-state index contributed by atoms with van der Waals surface area (Å²) >= 11 is 0. The highest BCUT2D eigenvalue weighted by molar-refractivity contribution is 7.89. The molecule has 152 valence electrons. The topological polar surface area (TPSA) is 52.7 Å². The summed E-state index contributed by atoms with van der Waals surface area (Å²) < 4.78 is 27.7. The maximum Gasteiger partial charge on any atom is 0.211 e. The number of para-hydroxylation sites is 1. The molecule has 0 radical (unpaired) electrons. The molecule has 1 aliphatic rings. The average molecular weight is 402 g/mol. The van der Waals surface area contributed by atoms with Gasteiger partial charge in [-0.05, 0) is 41.7 Å². The van der Waals surface area contributed by atoms with Crippen LogP contribution in [0, 0.1) is 5.92 Å². The number of rotatable bonds is 8. The zero-order valence-corrected chi connectivity index (χ0v) is 18.0. The van der Waals surface area contributed by atoms with E-state index in [0.29, 0.717) is 6.54 Å². The van der Waals surface area contributed by atoms with E-state index in [-0.39, 0.29) is 17.7 Å². The molecule has 2 aromatic rings. The first-order chi connectivity index (χ1) is 13.3. The van der Waals surface area contributed by atoms with Crippen molar-refractivity contribution < 1.29 is 8.42 Å². The summed E-state index contributed by atoms with van der Waals surface area (Å²) in [6, 6.07) is 16.8. The quantitative estimate of drug-likeness (QED) is 0.736. The van der Waals surface area contributed by atoms with E-state index in [1.807, 2.05) is 34.0 Å². The average Bonchev–Trinajstić information content (AvgIpc) is 3.05. The Hall–Kier alpha value is -2.05. The third kappa shape index (κ3) is 4.86. The van der Waals surface area contributed by atoms with E-state index >= 15 is 0 Å². The number of nitrogens with one attached hydrogen (secondary N) is 1. The Bertz CT molecular complexity index is 892. The van der Waals surface area contributed by atoms with Crippen molar-refractivity contribution in [3.63, 3.8) is 0 Å². The third-order valence-electron chi connectivity index (χ3n) is 5.14. The Labute approximate surface area is 169 Å². The molecule has 1 aliphatic heterocycles. The van der Waals surface area contributed by atoms with Crippen LogP contribution in [-0.2, 0) is 16.4 Å². The van der Waals surface area contributed by atoms with Gasteiger partial charge >= 0.3 is 0 Å². The summed E-state index contributed by atoms with van der Waals surface area (Å²) in [5, 5.41) is 0. The number of benzene rings is 2. The first-order valence-electron chi connectivity index (χ1n) is 9.86. The van der Waals surface area contributed by atoms with E-state index in [2.05, 4.69) is 57.0 Å². The second kappa shape index (κ2) is 8.53. The molecule has 0 amide bonds. The van der Waals surface area contributed by atoms with Gasteiger partial charge in [-0.3, -0.25) is 0 Å². The molecule has 28 heavy (non-hydrogen) atoms. The van der Waals surface area contributed by atoms with Gasteiger partial charge in [-0.25, -0.2) is 13.1 Å². The highest BCUT2D eigenvalue weighted by atomic mass is 32.2. The molecule has 1 N–H and O–H groups in total. The van der Waals surface area contributed by atoms with E-state index in [1.54, 1.807) is 0 Å². The zero-order chi connectivity index (χ0) is 20.3. The van der Waals surface area contributed by atoms with Gasteiger partial charge in [-0.1, -0.05) is 44.2 Å². The van der Waals surface area contributed by atoms with Crippen LogP contribution in [0.25, 0.3) is 0 Å². The lowest BCUT2D eigenvalue weighted by molar-refractivity contribution is 0.552. The molecule has 3 rings (SSSR count). The number of fused-ring (bicyclic) bond motifs is 1. The molecule has 0 saturated heterocycles. The number of hydrogen-bond donors (Lipinski definition) is 1. The predicted octanol–water partition coefficient (Wildman–Crippen LogP) is 3.43. The van der Waals surface area contributed by atoms with Crippen LogP contribution in [0.4, 0.5) is 11.4 Å². The van der Waals surface area contributed by atoms with Crippen molar-refractivity contribution >= 4 is 21.4 Å². The van der Waals surface area contributed by atoms with E-state index in [0.717, 1.165) is 24.2 Å². The molecule has 6 heteroatoms. The van der Waals surface area contributed by atoms with Crippen LogP contribution in [0.3, 0.4) is 0 Å². The lowest BCUT2D eigenvalue weighted by Crippen LogP contribution is -2.39. The molecule has 0 spiro atoms. The monoisotopic (exact) mass is 401 g/mol. The Kier molecular flexibility index (Phi) is 6.30. The van der Waals surface area contributed by atoms with Crippen molar-refractivity contribution in [3.8, 4) is 0 Å². The first kappa shape index (κ1) is 20.7. The molecular weight excluding hydrogens is 370 g/mol. The number of hydrogen-bond acceptors (Lipinski definition) is 4. The Balaban J connectivity index is 1.88. The van der Waals surface area contributed by atoms with E-state index in [1.165, 1.54) is 11.3 Å². The summed E-state index contributed by atoms with van der Waals surface area (Å²) in [5.41, 5.74) is 4.77. The van der Waals surface area contributed by atoms with Crippen LogP contribution in [0.1, 0.15) is 31.0 Å². The van der Waals surface area contributed by atoms with E-state index < -0.39 is 10.0 Å². The Morgan fingerprint density at radius 1 is 1.07 bits per heavy atom. The maximum atomic E-state index is 12.4. The van der Waals surface area contributed by atoms with Gasteiger partial charge in [0.15, 0.2) is 0 Å². The minimum atomic E-state index is -3.30. The summed E-state index contributed by atoms with van der Waals surface area (Å²) in [6.45, 7) is 5.11. The van der Waals surface area contributed by atoms with Crippen molar-refractivity contribution in [1.29, 1.82) is 0 Å². The molecule has 0 aromatic heterocycles. The second-order valence-corrected chi connectivity index (χ2v) is 9.95. The summed E-state index contributed by atoms with van der Waals surface area (Å²) in [6.07, 6.45) is 0.987.